The Morgan fingerprint density at radius 3 is 2.19 bits per heavy atom. The van der Waals surface area contributed by atoms with Gasteiger partial charge in [-0.1, -0.05) is 41.4 Å². The van der Waals surface area contributed by atoms with Crippen LogP contribution in [0.2, 0.25) is 5.02 Å². The second-order valence-electron chi connectivity index (χ2n) is 8.03. The van der Waals surface area contributed by atoms with Gasteiger partial charge in [-0.2, -0.15) is 5.10 Å². The topological polar surface area (TPSA) is 96.9 Å². The van der Waals surface area contributed by atoms with Gasteiger partial charge in [-0.3, -0.25) is 9.59 Å². The Hall–Kier alpha value is -4.75. The maximum absolute atomic E-state index is 12.5. The maximum atomic E-state index is 12.5. The van der Waals surface area contributed by atoms with Crippen molar-refractivity contribution < 1.29 is 19.1 Å². The molecule has 7 nitrogen and oxygen atoms in total. The Labute approximate surface area is 218 Å². The minimum absolute atomic E-state index is 0.291. The molecule has 0 radical (unpaired) electrons. The fourth-order valence-electron chi connectivity index (χ4n) is 3.35. The van der Waals surface area contributed by atoms with Crippen molar-refractivity contribution in [3.63, 3.8) is 0 Å². The molecule has 4 aromatic rings. The zero-order valence-corrected chi connectivity index (χ0v) is 20.5. The van der Waals surface area contributed by atoms with E-state index >= 15 is 0 Å². The molecule has 37 heavy (non-hydrogen) atoms. The highest BCUT2D eigenvalue weighted by atomic mass is 35.5. The van der Waals surface area contributed by atoms with Crippen LogP contribution in [0.15, 0.2) is 102 Å². The average molecular weight is 512 g/mol. The third kappa shape index (κ3) is 6.90. The van der Waals surface area contributed by atoms with Gasteiger partial charge in [-0.25, -0.2) is 10.2 Å². The summed E-state index contributed by atoms with van der Waals surface area (Å²) in [4.78, 5) is 37.3. The Balaban J connectivity index is 1.36. The first kappa shape index (κ1) is 25.3. The molecule has 4 rings (SSSR count). The van der Waals surface area contributed by atoms with E-state index in [0.717, 1.165) is 5.56 Å². The van der Waals surface area contributed by atoms with Crippen molar-refractivity contribution in [2.45, 2.75) is 6.92 Å². The monoisotopic (exact) mass is 511 g/mol. The van der Waals surface area contributed by atoms with Crippen molar-refractivity contribution >= 4 is 41.3 Å². The number of carbonyl (C=O) groups excluding carboxylic acids is 3. The van der Waals surface area contributed by atoms with Gasteiger partial charge in [-0.15, -0.1) is 0 Å². The molecule has 0 aliphatic heterocycles. The van der Waals surface area contributed by atoms with Gasteiger partial charge in [0, 0.05) is 27.4 Å². The predicted octanol–water partition coefficient (Wildman–Crippen LogP) is 5.88. The van der Waals surface area contributed by atoms with Gasteiger partial charge in [0.15, 0.2) is 0 Å². The number of amides is 2. The Morgan fingerprint density at radius 2 is 1.46 bits per heavy atom. The lowest BCUT2D eigenvalue weighted by Gasteiger charge is -2.08. The van der Waals surface area contributed by atoms with Crippen LogP contribution in [-0.4, -0.2) is 24.0 Å². The Bertz CT molecular complexity index is 1470. The van der Waals surface area contributed by atoms with E-state index in [1.165, 1.54) is 6.21 Å². The number of halogens is 1. The summed E-state index contributed by atoms with van der Waals surface area (Å²) in [5, 5.41) is 7.30. The quantitative estimate of drug-likeness (QED) is 0.140. The van der Waals surface area contributed by atoms with E-state index in [1.54, 1.807) is 91.0 Å². The van der Waals surface area contributed by atoms with Crippen LogP contribution >= 0.6 is 11.6 Å². The smallest absolute Gasteiger partial charge is 0.343 e. The number of benzene rings is 4. The van der Waals surface area contributed by atoms with Gasteiger partial charge in [0.1, 0.15) is 5.75 Å². The molecule has 2 N–H and O–H groups in total. The number of nitrogens with zero attached hydrogens (tertiary/aromatic N) is 1. The standard InChI is InChI=1S/C29H22ClN3O4/c1-19-5-4-7-22(17-19)29(36)37-26-8-3-2-6-23(26)18-31-33-28(35)21-11-15-25(16-12-21)32-27(34)20-9-13-24(30)14-10-20/h2-18H,1H3,(H,32,34)(H,33,35)/b31-18-. The fourth-order valence-corrected chi connectivity index (χ4v) is 3.47. The van der Waals surface area contributed by atoms with Crippen LogP contribution < -0.4 is 15.5 Å². The summed E-state index contributed by atoms with van der Waals surface area (Å²) in [5.41, 5.74) is 5.70. The van der Waals surface area contributed by atoms with Crippen molar-refractivity contribution in [1.82, 2.24) is 5.43 Å². The summed E-state index contributed by atoms with van der Waals surface area (Å²) in [6, 6.07) is 26.9. The van der Waals surface area contributed by atoms with Crippen LogP contribution in [0.4, 0.5) is 5.69 Å². The number of hydrazone groups is 1. The van der Waals surface area contributed by atoms with Gasteiger partial charge in [0.25, 0.3) is 11.8 Å². The molecule has 0 bridgehead atoms. The highest BCUT2D eigenvalue weighted by molar-refractivity contribution is 6.30. The number of carbonyl (C=O) groups is 3. The molecular formula is C29H22ClN3O4. The van der Waals surface area contributed by atoms with Crippen LogP contribution in [0, 0.1) is 6.92 Å². The number of rotatable bonds is 7. The maximum Gasteiger partial charge on any atom is 0.343 e. The van der Waals surface area contributed by atoms with Crippen molar-refractivity contribution in [3.05, 3.63) is 130 Å². The summed E-state index contributed by atoms with van der Waals surface area (Å²) in [6.07, 6.45) is 1.40. The molecule has 0 aromatic heterocycles. The molecule has 4 aromatic carbocycles. The number of anilines is 1. The minimum Gasteiger partial charge on any atom is -0.422 e. The van der Waals surface area contributed by atoms with E-state index in [0.29, 0.717) is 38.7 Å². The Morgan fingerprint density at radius 1 is 0.784 bits per heavy atom. The molecular weight excluding hydrogens is 490 g/mol. The second kappa shape index (κ2) is 11.8. The third-order valence-electron chi connectivity index (χ3n) is 5.26. The molecule has 0 aliphatic rings. The number of para-hydroxylation sites is 1. The molecule has 0 atom stereocenters. The first-order valence-electron chi connectivity index (χ1n) is 11.3. The number of nitrogens with one attached hydrogen (secondary N) is 2. The van der Waals surface area contributed by atoms with Crippen molar-refractivity contribution in [2.24, 2.45) is 5.10 Å². The zero-order valence-electron chi connectivity index (χ0n) is 19.8. The highest BCUT2D eigenvalue weighted by Crippen LogP contribution is 2.18. The van der Waals surface area contributed by atoms with E-state index in [-0.39, 0.29) is 5.91 Å². The molecule has 0 aliphatic carbocycles. The fraction of sp³-hybridized carbons (Fsp3) is 0.0345. The number of ether oxygens (including phenoxy) is 1. The van der Waals surface area contributed by atoms with Crippen molar-refractivity contribution in [2.75, 3.05) is 5.32 Å². The second-order valence-corrected chi connectivity index (χ2v) is 8.47. The van der Waals surface area contributed by atoms with Gasteiger partial charge < -0.3 is 10.1 Å². The summed E-state index contributed by atoms with van der Waals surface area (Å²) < 4.78 is 5.53. The van der Waals surface area contributed by atoms with Crippen LogP contribution in [0.25, 0.3) is 0 Å². The van der Waals surface area contributed by atoms with Crippen LogP contribution in [0.5, 0.6) is 5.75 Å². The van der Waals surface area contributed by atoms with E-state index in [4.69, 9.17) is 16.3 Å². The zero-order chi connectivity index (χ0) is 26.2. The molecule has 8 heteroatoms. The summed E-state index contributed by atoms with van der Waals surface area (Å²) in [6.45, 7) is 1.89. The van der Waals surface area contributed by atoms with Gasteiger partial charge in [-0.05, 0) is 79.7 Å². The molecule has 0 spiro atoms. The Kier molecular flexibility index (Phi) is 8.08. The van der Waals surface area contributed by atoms with Crippen LogP contribution in [0.3, 0.4) is 0 Å². The van der Waals surface area contributed by atoms with Gasteiger partial charge in [0.05, 0.1) is 11.8 Å². The number of esters is 1. The van der Waals surface area contributed by atoms with Crippen LogP contribution in [0.1, 0.15) is 42.2 Å². The average Bonchev–Trinajstić information content (AvgIpc) is 2.90. The minimum atomic E-state index is -0.489. The number of hydrogen-bond donors (Lipinski definition) is 2. The molecule has 0 fully saturated rings. The molecule has 184 valence electrons. The SMILES string of the molecule is Cc1cccc(C(=O)Oc2ccccc2/C=N\NC(=O)c2ccc(NC(=O)c3ccc(Cl)cc3)cc2)c1. The summed E-state index contributed by atoms with van der Waals surface area (Å²) >= 11 is 5.85. The van der Waals surface area contributed by atoms with Gasteiger partial charge >= 0.3 is 5.97 Å². The van der Waals surface area contributed by atoms with E-state index in [1.807, 2.05) is 13.0 Å². The number of hydrogen-bond acceptors (Lipinski definition) is 5. The summed E-state index contributed by atoms with van der Waals surface area (Å²) in [5.74, 6) is -0.911. The van der Waals surface area contributed by atoms with E-state index < -0.39 is 11.9 Å². The molecule has 0 saturated carbocycles. The highest BCUT2D eigenvalue weighted by Gasteiger charge is 2.12. The van der Waals surface area contributed by atoms with E-state index in [9.17, 15) is 14.4 Å². The van der Waals surface area contributed by atoms with Crippen molar-refractivity contribution in [1.29, 1.82) is 0 Å². The molecule has 0 heterocycles. The molecule has 0 unspecified atom stereocenters. The van der Waals surface area contributed by atoms with E-state index in [2.05, 4.69) is 15.8 Å². The first-order chi connectivity index (χ1) is 17.9. The lowest BCUT2D eigenvalue weighted by molar-refractivity contribution is 0.0733. The first-order valence-corrected chi connectivity index (χ1v) is 11.6. The molecule has 0 saturated heterocycles. The summed E-state index contributed by atoms with van der Waals surface area (Å²) in [7, 11) is 0. The number of aryl methyl sites for hydroxylation is 1. The van der Waals surface area contributed by atoms with Crippen molar-refractivity contribution in [3.8, 4) is 5.75 Å². The third-order valence-corrected chi connectivity index (χ3v) is 5.51. The van der Waals surface area contributed by atoms with Crippen LogP contribution in [-0.2, 0) is 0 Å². The normalized spacial score (nSPS) is 10.6. The lowest BCUT2D eigenvalue weighted by atomic mass is 10.1. The molecule has 2 amide bonds. The lowest BCUT2D eigenvalue weighted by Crippen LogP contribution is -2.18. The van der Waals surface area contributed by atoms with Gasteiger partial charge in [0.2, 0.25) is 0 Å². The predicted molar refractivity (Wildman–Crippen MR) is 143 cm³/mol. The largest absolute Gasteiger partial charge is 0.422 e.